The quantitative estimate of drug-likeness (QED) is 0.188. The molecule has 0 aliphatic carbocycles. The summed E-state index contributed by atoms with van der Waals surface area (Å²) in [5.74, 6) is 0.662. The number of para-hydroxylation sites is 3. The van der Waals surface area contributed by atoms with Crippen LogP contribution in [0.3, 0.4) is 0 Å². The Morgan fingerprint density at radius 1 is 0.360 bits per heavy atom. The first-order valence-corrected chi connectivity index (χ1v) is 16.8. The van der Waals surface area contributed by atoms with Crippen LogP contribution in [0.5, 0.6) is 0 Å². The minimum atomic E-state index is 0.662. The Bertz CT molecular complexity index is 2830. The molecule has 50 heavy (non-hydrogen) atoms. The standard InChI is InChI=1S/C46H29N3O/c1-2-12-30(13-3-1)31-14-10-15-32(26-31)40-29-41(33-24-25-39-38-20-6-9-23-44(38)50-45(39)28-33)48-46(47-40)34-16-11-17-35(27-34)49-42-21-7-4-18-36(42)37-19-5-8-22-43(37)49/h1-29H. The van der Waals surface area contributed by atoms with Crippen LogP contribution in [-0.2, 0) is 0 Å². The Kier molecular flexibility index (Phi) is 6.46. The molecule has 0 bridgehead atoms. The van der Waals surface area contributed by atoms with Crippen molar-refractivity contribution in [3.63, 3.8) is 0 Å². The van der Waals surface area contributed by atoms with Gasteiger partial charge < -0.3 is 8.98 Å². The number of hydrogen-bond donors (Lipinski definition) is 0. The first-order chi connectivity index (χ1) is 24.8. The third kappa shape index (κ3) is 4.69. The van der Waals surface area contributed by atoms with Gasteiger partial charge in [0.05, 0.1) is 22.4 Å². The van der Waals surface area contributed by atoms with E-state index in [0.29, 0.717) is 5.82 Å². The molecule has 10 aromatic rings. The molecule has 0 N–H and O–H groups in total. The van der Waals surface area contributed by atoms with Gasteiger partial charge in [-0.05, 0) is 65.7 Å². The molecule has 7 aromatic carbocycles. The Labute approximate surface area is 288 Å². The minimum Gasteiger partial charge on any atom is -0.456 e. The molecular formula is C46H29N3O. The third-order valence-corrected chi connectivity index (χ3v) is 9.61. The molecule has 0 saturated carbocycles. The van der Waals surface area contributed by atoms with Crippen molar-refractivity contribution in [3.8, 4) is 50.7 Å². The van der Waals surface area contributed by atoms with Gasteiger partial charge in [0.2, 0.25) is 0 Å². The summed E-state index contributed by atoms with van der Waals surface area (Å²) in [7, 11) is 0. The van der Waals surface area contributed by atoms with Crippen LogP contribution in [0, 0.1) is 0 Å². The van der Waals surface area contributed by atoms with E-state index in [2.05, 4.69) is 156 Å². The van der Waals surface area contributed by atoms with Crippen LogP contribution < -0.4 is 0 Å². The Morgan fingerprint density at radius 2 is 0.940 bits per heavy atom. The van der Waals surface area contributed by atoms with Crippen molar-refractivity contribution in [1.82, 2.24) is 14.5 Å². The summed E-state index contributed by atoms with van der Waals surface area (Å²) < 4.78 is 8.62. The van der Waals surface area contributed by atoms with E-state index in [1.54, 1.807) is 0 Å². The largest absolute Gasteiger partial charge is 0.456 e. The molecule has 0 unspecified atom stereocenters. The van der Waals surface area contributed by atoms with E-state index in [1.807, 2.05) is 24.3 Å². The number of nitrogens with zero attached hydrogens (tertiary/aromatic N) is 3. The number of fused-ring (bicyclic) bond motifs is 6. The summed E-state index contributed by atoms with van der Waals surface area (Å²) in [6, 6.07) is 61.4. The maximum Gasteiger partial charge on any atom is 0.160 e. The molecule has 0 aliphatic heterocycles. The Hall–Kier alpha value is -6.78. The maximum atomic E-state index is 6.29. The van der Waals surface area contributed by atoms with Gasteiger partial charge in [0.1, 0.15) is 11.2 Å². The van der Waals surface area contributed by atoms with Gasteiger partial charge in [-0.2, -0.15) is 0 Å². The van der Waals surface area contributed by atoms with Gasteiger partial charge in [-0.3, -0.25) is 0 Å². The van der Waals surface area contributed by atoms with Crippen LogP contribution in [0.25, 0.3) is 94.5 Å². The predicted octanol–water partition coefficient (Wildman–Crippen LogP) is 12.1. The van der Waals surface area contributed by atoms with Gasteiger partial charge in [0, 0.05) is 43.9 Å². The topological polar surface area (TPSA) is 43.9 Å². The summed E-state index contributed by atoms with van der Waals surface area (Å²) in [5.41, 5.74) is 12.0. The van der Waals surface area contributed by atoms with Crippen molar-refractivity contribution in [2.24, 2.45) is 0 Å². The lowest BCUT2D eigenvalue weighted by molar-refractivity contribution is 0.669. The molecule has 0 amide bonds. The fourth-order valence-corrected chi connectivity index (χ4v) is 7.23. The number of furan rings is 1. The van der Waals surface area contributed by atoms with Gasteiger partial charge in [-0.15, -0.1) is 0 Å². The molecule has 0 radical (unpaired) electrons. The number of aromatic nitrogens is 3. The minimum absolute atomic E-state index is 0.662. The van der Waals surface area contributed by atoms with Gasteiger partial charge in [0.25, 0.3) is 0 Å². The summed E-state index contributed by atoms with van der Waals surface area (Å²) in [6.45, 7) is 0. The van der Waals surface area contributed by atoms with Crippen molar-refractivity contribution in [2.45, 2.75) is 0 Å². The van der Waals surface area contributed by atoms with E-state index in [1.165, 1.54) is 10.8 Å². The zero-order valence-corrected chi connectivity index (χ0v) is 27.0. The second kappa shape index (κ2) is 11.4. The molecule has 0 saturated heterocycles. The van der Waals surface area contributed by atoms with Crippen LogP contribution in [0.1, 0.15) is 0 Å². The van der Waals surface area contributed by atoms with Crippen molar-refractivity contribution >= 4 is 43.7 Å². The lowest BCUT2D eigenvalue weighted by Crippen LogP contribution is -1.98. The summed E-state index contributed by atoms with van der Waals surface area (Å²) in [5, 5.41) is 4.66. The van der Waals surface area contributed by atoms with Crippen molar-refractivity contribution in [2.75, 3.05) is 0 Å². The van der Waals surface area contributed by atoms with Crippen molar-refractivity contribution in [1.29, 1.82) is 0 Å². The number of rotatable bonds is 5. The van der Waals surface area contributed by atoms with E-state index >= 15 is 0 Å². The molecule has 4 nitrogen and oxygen atoms in total. The lowest BCUT2D eigenvalue weighted by atomic mass is 10.0. The van der Waals surface area contributed by atoms with E-state index in [4.69, 9.17) is 14.4 Å². The molecule has 0 atom stereocenters. The summed E-state index contributed by atoms with van der Waals surface area (Å²) in [4.78, 5) is 10.5. The Morgan fingerprint density at radius 3 is 1.72 bits per heavy atom. The van der Waals surface area contributed by atoms with E-state index in [9.17, 15) is 0 Å². The van der Waals surface area contributed by atoms with Crippen molar-refractivity contribution < 1.29 is 4.42 Å². The highest BCUT2D eigenvalue weighted by molar-refractivity contribution is 6.09. The van der Waals surface area contributed by atoms with Crippen LogP contribution in [0.2, 0.25) is 0 Å². The van der Waals surface area contributed by atoms with Gasteiger partial charge in [-0.25, -0.2) is 9.97 Å². The molecular weight excluding hydrogens is 611 g/mol. The summed E-state index contributed by atoms with van der Waals surface area (Å²) in [6.07, 6.45) is 0. The third-order valence-electron chi connectivity index (χ3n) is 9.61. The molecule has 234 valence electrons. The highest BCUT2D eigenvalue weighted by Crippen LogP contribution is 2.36. The zero-order valence-electron chi connectivity index (χ0n) is 27.0. The Balaban J connectivity index is 1.16. The van der Waals surface area contributed by atoms with Gasteiger partial charge in [-0.1, -0.05) is 121 Å². The van der Waals surface area contributed by atoms with E-state index in [0.717, 1.165) is 77.9 Å². The highest BCUT2D eigenvalue weighted by atomic mass is 16.3. The average molecular weight is 640 g/mol. The fraction of sp³-hybridized carbons (Fsp3) is 0. The average Bonchev–Trinajstić information content (AvgIpc) is 3.74. The van der Waals surface area contributed by atoms with Crippen molar-refractivity contribution in [3.05, 3.63) is 176 Å². The normalized spacial score (nSPS) is 11.6. The second-order valence-corrected chi connectivity index (χ2v) is 12.6. The molecule has 4 heteroatoms. The molecule has 0 aliphatic rings. The van der Waals surface area contributed by atoms with Crippen LogP contribution in [0.15, 0.2) is 180 Å². The SMILES string of the molecule is c1ccc(-c2cccc(-c3cc(-c4ccc5c(c4)oc4ccccc45)nc(-c4cccc(-n5c6ccccc6c6ccccc65)c4)n3)c2)cc1. The molecule has 3 heterocycles. The van der Waals surface area contributed by atoms with Crippen LogP contribution >= 0.6 is 0 Å². The monoisotopic (exact) mass is 639 g/mol. The lowest BCUT2D eigenvalue weighted by Gasteiger charge is -2.12. The molecule has 0 fully saturated rings. The molecule has 3 aromatic heterocycles. The fourth-order valence-electron chi connectivity index (χ4n) is 7.23. The van der Waals surface area contributed by atoms with Gasteiger partial charge in [0.15, 0.2) is 5.82 Å². The smallest absolute Gasteiger partial charge is 0.160 e. The summed E-state index contributed by atoms with van der Waals surface area (Å²) >= 11 is 0. The van der Waals surface area contributed by atoms with E-state index < -0.39 is 0 Å². The van der Waals surface area contributed by atoms with E-state index in [-0.39, 0.29) is 0 Å². The maximum absolute atomic E-state index is 6.29. The predicted molar refractivity (Wildman–Crippen MR) is 205 cm³/mol. The molecule has 0 spiro atoms. The first kappa shape index (κ1) is 28.3. The number of benzene rings is 7. The highest BCUT2D eigenvalue weighted by Gasteiger charge is 2.16. The first-order valence-electron chi connectivity index (χ1n) is 16.8. The van der Waals surface area contributed by atoms with Crippen LogP contribution in [0.4, 0.5) is 0 Å². The van der Waals surface area contributed by atoms with Crippen LogP contribution in [-0.4, -0.2) is 14.5 Å². The molecule has 10 rings (SSSR count). The van der Waals surface area contributed by atoms with Gasteiger partial charge >= 0.3 is 0 Å². The zero-order chi connectivity index (χ0) is 33.0. The second-order valence-electron chi connectivity index (χ2n) is 12.6. The number of hydrogen-bond acceptors (Lipinski definition) is 3.